The Labute approximate surface area is 121 Å². The molecule has 2 aromatic heterocycles. The highest BCUT2D eigenvalue weighted by molar-refractivity contribution is 7.15. The molecule has 1 fully saturated rings. The Morgan fingerprint density at radius 3 is 2.95 bits per heavy atom. The summed E-state index contributed by atoms with van der Waals surface area (Å²) in [4.78, 5) is 7.02. The molecule has 1 atom stereocenters. The second-order valence-electron chi connectivity index (χ2n) is 5.08. The number of piperidine rings is 1. The fourth-order valence-corrected chi connectivity index (χ4v) is 4.42. The minimum Gasteiger partial charge on any atom is -0.382 e. The monoisotopic (exact) mass is 294 g/mol. The average Bonchev–Trinajstić information content (AvgIpc) is 2.96. The second kappa shape index (κ2) is 5.09. The zero-order valence-corrected chi connectivity index (χ0v) is 12.9. The third-order valence-electron chi connectivity index (χ3n) is 3.60. The molecule has 3 heterocycles. The molecule has 2 N–H and O–H groups in total. The van der Waals surface area contributed by atoms with Gasteiger partial charge in [-0.05, 0) is 44.6 Å². The van der Waals surface area contributed by atoms with Gasteiger partial charge in [-0.1, -0.05) is 0 Å². The van der Waals surface area contributed by atoms with E-state index in [1.165, 1.54) is 35.8 Å². The number of hydrogen-bond acceptors (Lipinski definition) is 6. The molecule has 1 aliphatic rings. The van der Waals surface area contributed by atoms with E-state index < -0.39 is 0 Å². The van der Waals surface area contributed by atoms with Gasteiger partial charge in [0.05, 0.1) is 5.56 Å². The predicted octanol–water partition coefficient (Wildman–Crippen LogP) is 3.54. The number of nitrogens with two attached hydrogens (primary N) is 1. The summed E-state index contributed by atoms with van der Waals surface area (Å²) >= 11 is 3.16. The molecule has 19 heavy (non-hydrogen) atoms. The fraction of sp³-hybridized carbons (Fsp3) is 0.538. The van der Waals surface area contributed by atoms with E-state index in [4.69, 9.17) is 5.73 Å². The first kappa shape index (κ1) is 12.9. The Balaban J connectivity index is 2.03. The van der Waals surface area contributed by atoms with Gasteiger partial charge in [0.15, 0.2) is 0 Å². The van der Waals surface area contributed by atoms with E-state index in [2.05, 4.69) is 26.6 Å². The van der Waals surface area contributed by atoms with Crippen LogP contribution in [-0.2, 0) is 0 Å². The van der Waals surface area contributed by atoms with Crippen LogP contribution in [0.15, 0.2) is 5.38 Å². The number of anilines is 2. The molecule has 0 spiro atoms. The Morgan fingerprint density at radius 1 is 1.42 bits per heavy atom. The zero-order valence-electron chi connectivity index (χ0n) is 11.2. The molecule has 0 saturated carbocycles. The largest absolute Gasteiger partial charge is 0.382 e. The molecule has 4 nitrogen and oxygen atoms in total. The van der Waals surface area contributed by atoms with Crippen molar-refractivity contribution in [3.05, 3.63) is 11.1 Å². The molecular weight excluding hydrogens is 276 g/mol. The molecule has 2 aromatic rings. The number of nitrogens with zero attached hydrogens (tertiary/aromatic N) is 3. The highest BCUT2D eigenvalue weighted by Gasteiger charge is 2.26. The van der Waals surface area contributed by atoms with Crippen LogP contribution in [0.3, 0.4) is 0 Å². The molecule has 1 unspecified atom stereocenters. The summed E-state index contributed by atoms with van der Waals surface area (Å²) < 4.78 is 4.36. The van der Waals surface area contributed by atoms with Gasteiger partial charge < -0.3 is 10.6 Å². The third-order valence-corrected chi connectivity index (χ3v) is 5.47. The number of aryl methyl sites for hydroxylation is 1. The van der Waals surface area contributed by atoms with E-state index in [1.807, 2.05) is 6.92 Å². The lowest BCUT2D eigenvalue weighted by Gasteiger charge is -2.34. The van der Waals surface area contributed by atoms with Crippen LogP contribution in [0.1, 0.15) is 31.9 Å². The second-order valence-corrected chi connectivity index (χ2v) is 6.69. The van der Waals surface area contributed by atoms with Crippen molar-refractivity contribution in [3.63, 3.8) is 0 Å². The Hall–Kier alpha value is -1.14. The standard InChI is InChI=1S/C13H18N4S2/c1-8-7-18-12(15-8)10-11(14)16-19-13(10)17-6-4-3-5-9(17)2/h7,9H,3-6H2,1-2H3,(H2,14,16). The molecule has 0 radical (unpaired) electrons. The topological polar surface area (TPSA) is 55.0 Å². The van der Waals surface area contributed by atoms with E-state index in [9.17, 15) is 0 Å². The molecule has 0 aliphatic carbocycles. The van der Waals surface area contributed by atoms with Crippen molar-refractivity contribution in [1.82, 2.24) is 9.36 Å². The van der Waals surface area contributed by atoms with Crippen molar-refractivity contribution in [2.45, 2.75) is 39.2 Å². The van der Waals surface area contributed by atoms with Crippen LogP contribution in [0.4, 0.5) is 10.8 Å². The summed E-state index contributed by atoms with van der Waals surface area (Å²) in [6.07, 6.45) is 3.81. The SMILES string of the molecule is Cc1csc(-c2c(N)nsc2N2CCCCC2C)n1. The van der Waals surface area contributed by atoms with E-state index >= 15 is 0 Å². The molecule has 3 rings (SSSR count). The Morgan fingerprint density at radius 2 is 2.26 bits per heavy atom. The number of thiazole rings is 1. The molecule has 1 aliphatic heterocycles. The smallest absolute Gasteiger partial charge is 0.149 e. The number of hydrogen-bond donors (Lipinski definition) is 1. The van der Waals surface area contributed by atoms with Crippen LogP contribution in [0, 0.1) is 6.92 Å². The predicted molar refractivity (Wildman–Crippen MR) is 83.0 cm³/mol. The van der Waals surface area contributed by atoms with Gasteiger partial charge in [0.25, 0.3) is 0 Å². The van der Waals surface area contributed by atoms with Gasteiger partial charge >= 0.3 is 0 Å². The summed E-state index contributed by atoms with van der Waals surface area (Å²) in [5.74, 6) is 0.618. The maximum Gasteiger partial charge on any atom is 0.149 e. The van der Waals surface area contributed by atoms with Gasteiger partial charge in [0, 0.05) is 23.7 Å². The van der Waals surface area contributed by atoms with Crippen LogP contribution < -0.4 is 10.6 Å². The van der Waals surface area contributed by atoms with Crippen LogP contribution >= 0.6 is 22.9 Å². The van der Waals surface area contributed by atoms with Crippen LogP contribution in [-0.4, -0.2) is 21.9 Å². The van der Waals surface area contributed by atoms with Crippen LogP contribution in [0.2, 0.25) is 0 Å². The maximum atomic E-state index is 6.07. The van der Waals surface area contributed by atoms with E-state index in [0.29, 0.717) is 11.9 Å². The lowest BCUT2D eigenvalue weighted by molar-refractivity contribution is 0.487. The summed E-state index contributed by atoms with van der Waals surface area (Å²) in [7, 11) is 0. The van der Waals surface area contributed by atoms with Gasteiger partial charge in [-0.25, -0.2) is 4.98 Å². The normalized spacial score (nSPS) is 19.9. The molecule has 0 aromatic carbocycles. The van der Waals surface area contributed by atoms with Gasteiger partial charge in [0.2, 0.25) is 0 Å². The van der Waals surface area contributed by atoms with Gasteiger partial charge in [-0.2, -0.15) is 4.37 Å². The van der Waals surface area contributed by atoms with Crippen molar-refractivity contribution in [1.29, 1.82) is 0 Å². The molecule has 0 amide bonds. The minimum absolute atomic E-state index is 0.563. The molecule has 1 saturated heterocycles. The molecule has 0 bridgehead atoms. The Kier molecular flexibility index (Phi) is 3.45. The van der Waals surface area contributed by atoms with E-state index in [0.717, 1.165) is 22.8 Å². The summed E-state index contributed by atoms with van der Waals surface area (Å²) in [6, 6.07) is 0.563. The van der Waals surface area contributed by atoms with Gasteiger partial charge in [-0.15, -0.1) is 11.3 Å². The minimum atomic E-state index is 0.563. The molecular formula is C13H18N4S2. The third kappa shape index (κ3) is 2.34. The fourth-order valence-electron chi connectivity index (χ4n) is 2.56. The number of aromatic nitrogens is 2. The zero-order chi connectivity index (χ0) is 13.4. The van der Waals surface area contributed by atoms with Crippen molar-refractivity contribution in [2.75, 3.05) is 17.2 Å². The van der Waals surface area contributed by atoms with E-state index in [-0.39, 0.29) is 0 Å². The highest BCUT2D eigenvalue weighted by Crippen LogP contribution is 2.42. The van der Waals surface area contributed by atoms with Gasteiger partial charge in [-0.3, -0.25) is 0 Å². The van der Waals surface area contributed by atoms with Crippen LogP contribution in [0.25, 0.3) is 10.6 Å². The van der Waals surface area contributed by atoms with E-state index in [1.54, 1.807) is 11.3 Å². The summed E-state index contributed by atoms with van der Waals surface area (Å²) in [5, 5.41) is 4.26. The van der Waals surface area contributed by atoms with Crippen LogP contribution in [0.5, 0.6) is 0 Å². The van der Waals surface area contributed by atoms with Crippen molar-refractivity contribution in [3.8, 4) is 10.6 Å². The highest BCUT2D eigenvalue weighted by atomic mass is 32.1. The lowest BCUT2D eigenvalue weighted by Crippen LogP contribution is -2.37. The summed E-state index contributed by atoms with van der Waals surface area (Å²) in [5.41, 5.74) is 8.16. The molecule has 102 valence electrons. The molecule has 6 heteroatoms. The quantitative estimate of drug-likeness (QED) is 0.920. The lowest BCUT2D eigenvalue weighted by atomic mass is 10.0. The van der Waals surface area contributed by atoms with Gasteiger partial charge in [0.1, 0.15) is 15.8 Å². The first-order valence-electron chi connectivity index (χ1n) is 6.61. The number of rotatable bonds is 2. The number of nitrogen functional groups attached to an aromatic ring is 1. The maximum absolute atomic E-state index is 6.07. The Bertz CT molecular complexity index is 575. The van der Waals surface area contributed by atoms with Crippen molar-refractivity contribution < 1.29 is 0 Å². The van der Waals surface area contributed by atoms with Crippen molar-refractivity contribution >= 4 is 33.7 Å². The summed E-state index contributed by atoms with van der Waals surface area (Å²) in [6.45, 7) is 5.39. The first-order valence-corrected chi connectivity index (χ1v) is 8.26. The van der Waals surface area contributed by atoms with Crippen molar-refractivity contribution in [2.24, 2.45) is 0 Å². The average molecular weight is 294 g/mol. The first-order chi connectivity index (χ1) is 9.16.